The normalized spacial score (nSPS) is 18.4. The molecule has 1 aromatic rings. The van der Waals surface area contributed by atoms with Crippen LogP contribution in [0.5, 0.6) is 0 Å². The van der Waals surface area contributed by atoms with Gasteiger partial charge in [-0.25, -0.2) is 0 Å². The number of anilines is 1. The van der Waals surface area contributed by atoms with Gasteiger partial charge in [0, 0.05) is 20.5 Å². The molecular weight excluding hydrogens is 262 g/mol. The van der Waals surface area contributed by atoms with Crippen LogP contribution < -0.4 is 10.6 Å². The summed E-state index contributed by atoms with van der Waals surface area (Å²) in [6.07, 6.45) is 0.693. The molecule has 0 aliphatic carbocycles. The van der Waals surface area contributed by atoms with E-state index in [-0.39, 0.29) is 29.8 Å². The first-order chi connectivity index (χ1) is 9.47. The van der Waals surface area contributed by atoms with Crippen molar-refractivity contribution in [1.29, 1.82) is 0 Å². The minimum atomic E-state index is -0.516. The molecule has 1 fully saturated rings. The van der Waals surface area contributed by atoms with Gasteiger partial charge in [0.1, 0.15) is 11.9 Å². The van der Waals surface area contributed by atoms with Crippen LogP contribution in [0.2, 0.25) is 0 Å². The summed E-state index contributed by atoms with van der Waals surface area (Å²) < 4.78 is 0. The highest BCUT2D eigenvalue weighted by Gasteiger charge is 2.26. The summed E-state index contributed by atoms with van der Waals surface area (Å²) in [6, 6.07) is 2.59. The molecule has 2 heterocycles. The van der Waals surface area contributed by atoms with Crippen molar-refractivity contribution in [3.05, 3.63) is 17.8 Å². The second-order valence-corrected chi connectivity index (χ2v) is 4.65. The minimum absolute atomic E-state index is 0.226. The highest BCUT2D eigenvalue weighted by atomic mass is 16.2. The maximum absolute atomic E-state index is 11.6. The smallest absolute Gasteiger partial charge is 0.273 e. The van der Waals surface area contributed by atoms with E-state index in [9.17, 15) is 14.4 Å². The first kappa shape index (κ1) is 13.9. The predicted molar refractivity (Wildman–Crippen MR) is 69.8 cm³/mol. The fourth-order valence-electron chi connectivity index (χ4n) is 1.76. The van der Waals surface area contributed by atoms with Gasteiger partial charge in [0.05, 0.1) is 0 Å². The monoisotopic (exact) mass is 277 g/mol. The topological polar surface area (TPSA) is 104 Å². The number of carbonyl (C=O) groups excluding carboxylic acids is 3. The molecule has 106 valence electrons. The summed E-state index contributed by atoms with van der Waals surface area (Å²) in [6.45, 7) is 0. The van der Waals surface area contributed by atoms with Gasteiger partial charge in [-0.15, -0.1) is 10.2 Å². The third kappa shape index (κ3) is 3.08. The molecule has 8 heteroatoms. The van der Waals surface area contributed by atoms with Gasteiger partial charge >= 0.3 is 0 Å². The van der Waals surface area contributed by atoms with Crippen LogP contribution in [0, 0.1) is 0 Å². The Labute approximate surface area is 115 Å². The van der Waals surface area contributed by atoms with Gasteiger partial charge in [0.25, 0.3) is 5.91 Å². The standard InChI is InChI=1S/C12H15N5O3/c1-17(2)12(20)8-3-5-9(16-15-8)13-7-4-6-10(18)14-11(7)19/h3,5,7H,4,6H2,1-2H3,(H,13,16)(H,14,18,19). The number of piperidine rings is 1. The van der Waals surface area contributed by atoms with Gasteiger partial charge in [-0.1, -0.05) is 0 Å². The molecule has 1 unspecified atom stereocenters. The van der Waals surface area contributed by atoms with Gasteiger partial charge in [0.15, 0.2) is 5.69 Å². The van der Waals surface area contributed by atoms with Gasteiger partial charge in [-0.2, -0.15) is 0 Å². The highest BCUT2D eigenvalue weighted by molar-refractivity contribution is 6.01. The third-order valence-corrected chi connectivity index (χ3v) is 2.85. The Balaban J connectivity index is 2.02. The average Bonchev–Trinajstić information content (AvgIpc) is 2.42. The van der Waals surface area contributed by atoms with Crippen LogP contribution >= 0.6 is 0 Å². The number of rotatable bonds is 3. The van der Waals surface area contributed by atoms with Crippen molar-refractivity contribution >= 4 is 23.5 Å². The zero-order valence-corrected chi connectivity index (χ0v) is 11.2. The largest absolute Gasteiger partial charge is 0.357 e. The summed E-state index contributed by atoms with van der Waals surface area (Å²) in [5, 5.41) is 12.8. The first-order valence-corrected chi connectivity index (χ1v) is 6.13. The fourth-order valence-corrected chi connectivity index (χ4v) is 1.76. The van der Waals surface area contributed by atoms with Crippen LogP contribution in [-0.4, -0.2) is 53.0 Å². The lowest BCUT2D eigenvalue weighted by Gasteiger charge is -2.21. The molecule has 0 aromatic carbocycles. The van der Waals surface area contributed by atoms with Crippen LogP contribution in [-0.2, 0) is 9.59 Å². The number of nitrogens with one attached hydrogen (secondary N) is 2. The molecule has 0 saturated carbocycles. The summed E-state index contributed by atoms with van der Waals surface area (Å²) in [4.78, 5) is 35.6. The minimum Gasteiger partial charge on any atom is -0.357 e. The molecule has 2 rings (SSSR count). The zero-order valence-electron chi connectivity index (χ0n) is 11.2. The Kier molecular flexibility index (Phi) is 3.92. The molecule has 20 heavy (non-hydrogen) atoms. The molecule has 1 aromatic heterocycles. The van der Waals surface area contributed by atoms with Crippen LogP contribution in [0.15, 0.2) is 12.1 Å². The highest BCUT2D eigenvalue weighted by Crippen LogP contribution is 2.11. The zero-order chi connectivity index (χ0) is 14.7. The van der Waals surface area contributed by atoms with E-state index in [1.54, 1.807) is 20.2 Å². The van der Waals surface area contributed by atoms with Crippen LogP contribution in [0.4, 0.5) is 5.82 Å². The molecule has 1 aliphatic rings. The van der Waals surface area contributed by atoms with Crippen molar-refractivity contribution in [2.24, 2.45) is 0 Å². The Bertz CT molecular complexity index is 541. The predicted octanol–water partition coefficient (Wildman–Crippen LogP) is -0.604. The van der Waals surface area contributed by atoms with E-state index >= 15 is 0 Å². The van der Waals surface area contributed by atoms with Gasteiger partial charge in [-0.05, 0) is 18.6 Å². The average molecular weight is 277 g/mol. The lowest BCUT2D eigenvalue weighted by molar-refractivity contribution is -0.133. The molecule has 8 nitrogen and oxygen atoms in total. The number of carbonyl (C=O) groups is 3. The molecule has 2 N–H and O–H groups in total. The lowest BCUT2D eigenvalue weighted by Crippen LogP contribution is -2.47. The van der Waals surface area contributed by atoms with Crippen LogP contribution in [0.1, 0.15) is 23.3 Å². The molecule has 0 radical (unpaired) electrons. The Hall–Kier alpha value is -2.51. The van der Waals surface area contributed by atoms with Crippen molar-refractivity contribution in [3.8, 4) is 0 Å². The maximum Gasteiger partial charge on any atom is 0.273 e. The fraction of sp³-hybridized carbons (Fsp3) is 0.417. The number of amides is 3. The van der Waals surface area contributed by atoms with E-state index in [0.717, 1.165) is 0 Å². The van der Waals surface area contributed by atoms with Gasteiger partial charge < -0.3 is 10.2 Å². The van der Waals surface area contributed by atoms with Crippen molar-refractivity contribution in [1.82, 2.24) is 20.4 Å². The number of nitrogens with zero attached hydrogens (tertiary/aromatic N) is 3. The van der Waals surface area contributed by atoms with E-state index in [2.05, 4.69) is 20.8 Å². The van der Waals surface area contributed by atoms with E-state index in [4.69, 9.17) is 0 Å². The van der Waals surface area contributed by atoms with Gasteiger partial charge in [-0.3, -0.25) is 19.7 Å². The number of aromatic nitrogens is 2. The maximum atomic E-state index is 11.6. The Morgan fingerprint density at radius 2 is 2.10 bits per heavy atom. The van der Waals surface area contributed by atoms with Crippen LogP contribution in [0.25, 0.3) is 0 Å². The van der Waals surface area contributed by atoms with E-state index < -0.39 is 6.04 Å². The molecule has 0 bridgehead atoms. The summed E-state index contributed by atoms with van der Waals surface area (Å²) in [5.74, 6) is -0.512. The van der Waals surface area contributed by atoms with Crippen LogP contribution in [0.3, 0.4) is 0 Å². The SMILES string of the molecule is CN(C)C(=O)c1ccc(NC2CCC(=O)NC2=O)nn1. The van der Waals surface area contributed by atoms with E-state index in [1.165, 1.54) is 11.0 Å². The molecule has 1 aliphatic heterocycles. The van der Waals surface area contributed by atoms with E-state index in [1.807, 2.05) is 0 Å². The number of imide groups is 1. The summed E-state index contributed by atoms with van der Waals surface area (Å²) >= 11 is 0. The van der Waals surface area contributed by atoms with E-state index in [0.29, 0.717) is 12.2 Å². The molecular formula is C12H15N5O3. The molecule has 1 atom stereocenters. The van der Waals surface area contributed by atoms with Gasteiger partial charge in [0.2, 0.25) is 11.8 Å². The van der Waals surface area contributed by atoms with Crippen molar-refractivity contribution in [2.75, 3.05) is 19.4 Å². The second kappa shape index (κ2) is 5.64. The number of hydrogen-bond donors (Lipinski definition) is 2. The molecule has 1 saturated heterocycles. The third-order valence-electron chi connectivity index (χ3n) is 2.85. The lowest BCUT2D eigenvalue weighted by atomic mass is 10.1. The summed E-state index contributed by atoms with van der Waals surface area (Å²) in [5.41, 5.74) is 0.226. The van der Waals surface area contributed by atoms with Crippen molar-refractivity contribution in [3.63, 3.8) is 0 Å². The number of hydrogen-bond acceptors (Lipinski definition) is 6. The molecule has 3 amide bonds. The molecule has 0 spiro atoms. The Morgan fingerprint density at radius 3 is 2.65 bits per heavy atom. The Morgan fingerprint density at radius 1 is 1.35 bits per heavy atom. The van der Waals surface area contributed by atoms with Crippen molar-refractivity contribution < 1.29 is 14.4 Å². The quantitative estimate of drug-likeness (QED) is 0.715. The first-order valence-electron chi connectivity index (χ1n) is 6.13. The second-order valence-electron chi connectivity index (χ2n) is 4.65. The summed E-state index contributed by atoms with van der Waals surface area (Å²) in [7, 11) is 3.25. The van der Waals surface area contributed by atoms with Crippen molar-refractivity contribution in [2.45, 2.75) is 18.9 Å².